The summed E-state index contributed by atoms with van der Waals surface area (Å²) >= 11 is 1.62. The Morgan fingerprint density at radius 2 is 1.90 bits per heavy atom. The molecule has 2 aliphatic rings. The fraction of sp³-hybridized carbons (Fsp3) is 0.524. The van der Waals surface area contributed by atoms with Gasteiger partial charge in [0.25, 0.3) is 5.56 Å². The van der Waals surface area contributed by atoms with Gasteiger partial charge in [-0.1, -0.05) is 30.8 Å². The molecule has 1 N–H and O–H groups in total. The standard InChI is InChI=1S/C21H26N6OS/c1-13-9-11-26(12-10-13)20-24-25-21(27(20)15-7-8-15)29-14(2)18-22-17-6-4-3-5-16(17)19(28)23-18/h3-6,13-15H,7-12H2,1-2H3,(H,22,23,28). The third-order valence-corrected chi connectivity index (χ3v) is 6.99. The number of piperidine rings is 1. The zero-order chi connectivity index (χ0) is 20.0. The lowest BCUT2D eigenvalue weighted by atomic mass is 10.00. The van der Waals surface area contributed by atoms with Crippen molar-refractivity contribution in [1.29, 1.82) is 0 Å². The molecule has 7 nitrogen and oxygen atoms in total. The first-order valence-corrected chi connectivity index (χ1v) is 11.3. The minimum atomic E-state index is -0.0927. The van der Waals surface area contributed by atoms with Crippen molar-refractivity contribution in [1.82, 2.24) is 24.7 Å². The molecule has 2 aromatic heterocycles. The van der Waals surface area contributed by atoms with Crippen molar-refractivity contribution in [2.45, 2.75) is 56.0 Å². The first kappa shape index (κ1) is 18.7. The normalized spacial score (nSPS) is 19.0. The van der Waals surface area contributed by atoms with Crippen LogP contribution in [0.4, 0.5) is 5.95 Å². The van der Waals surface area contributed by atoms with Gasteiger partial charge in [0.1, 0.15) is 5.82 Å². The smallest absolute Gasteiger partial charge is 0.258 e. The zero-order valence-electron chi connectivity index (χ0n) is 16.8. The second-order valence-electron chi connectivity index (χ2n) is 8.28. The van der Waals surface area contributed by atoms with Crippen LogP contribution >= 0.6 is 11.8 Å². The molecule has 1 atom stereocenters. The van der Waals surface area contributed by atoms with E-state index in [-0.39, 0.29) is 10.8 Å². The second-order valence-corrected chi connectivity index (χ2v) is 9.59. The van der Waals surface area contributed by atoms with Gasteiger partial charge >= 0.3 is 0 Å². The minimum Gasteiger partial charge on any atom is -0.341 e. The van der Waals surface area contributed by atoms with Gasteiger partial charge in [-0.3, -0.25) is 9.36 Å². The molecule has 0 bridgehead atoms. The van der Waals surface area contributed by atoms with Gasteiger partial charge < -0.3 is 9.88 Å². The highest BCUT2D eigenvalue weighted by Crippen LogP contribution is 2.43. The number of aromatic nitrogens is 5. The second kappa shape index (κ2) is 7.48. The molecule has 0 amide bonds. The first-order chi connectivity index (χ1) is 14.1. The summed E-state index contributed by atoms with van der Waals surface area (Å²) in [5, 5.41) is 10.6. The molecule has 5 rings (SSSR count). The summed E-state index contributed by atoms with van der Waals surface area (Å²) in [6.07, 6.45) is 4.78. The van der Waals surface area contributed by atoms with Crippen LogP contribution in [0.3, 0.4) is 0 Å². The molecule has 1 saturated carbocycles. The van der Waals surface area contributed by atoms with E-state index < -0.39 is 0 Å². The number of para-hydroxylation sites is 1. The Labute approximate surface area is 173 Å². The average molecular weight is 411 g/mol. The topological polar surface area (TPSA) is 79.7 Å². The van der Waals surface area contributed by atoms with Crippen molar-refractivity contribution in [2.75, 3.05) is 18.0 Å². The van der Waals surface area contributed by atoms with Crippen LogP contribution in [0.1, 0.15) is 56.6 Å². The molecule has 1 aliphatic carbocycles. The van der Waals surface area contributed by atoms with E-state index in [9.17, 15) is 4.79 Å². The number of hydrogen-bond acceptors (Lipinski definition) is 6. The van der Waals surface area contributed by atoms with E-state index in [1.165, 1.54) is 25.7 Å². The van der Waals surface area contributed by atoms with Crippen LogP contribution in [-0.4, -0.2) is 37.8 Å². The Bertz CT molecular complexity index is 1080. The summed E-state index contributed by atoms with van der Waals surface area (Å²) < 4.78 is 2.32. The van der Waals surface area contributed by atoms with Gasteiger partial charge in [0.2, 0.25) is 5.95 Å². The van der Waals surface area contributed by atoms with Crippen molar-refractivity contribution in [2.24, 2.45) is 5.92 Å². The van der Waals surface area contributed by atoms with Crippen molar-refractivity contribution >= 4 is 28.6 Å². The lowest BCUT2D eigenvalue weighted by Gasteiger charge is -2.31. The number of hydrogen-bond donors (Lipinski definition) is 1. The number of nitrogens with zero attached hydrogens (tertiary/aromatic N) is 5. The van der Waals surface area contributed by atoms with Crippen LogP contribution in [-0.2, 0) is 0 Å². The summed E-state index contributed by atoms with van der Waals surface area (Å²) in [5.41, 5.74) is 0.635. The molecule has 1 unspecified atom stereocenters. The number of benzene rings is 1. The van der Waals surface area contributed by atoms with Crippen LogP contribution in [0.5, 0.6) is 0 Å². The first-order valence-electron chi connectivity index (χ1n) is 10.5. The van der Waals surface area contributed by atoms with Crippen molar-refractivity contribution in [3.8, 4) is 0 Å². The van der Waals surface area contributed by atoms with Gasteiger partial charge in [-0.2, -0.15) is 0 Å². The number of aromatic amines is 1. The quantitative estimate of drug-likeness (QED) is 0.642. The Morgan fingerprint density at radius 1 is 1.14 bits per heavy atom. The average Bonchev–Trinajstić information content (AvgIpc) is 3.49. The maximum Gasteiger partial charge on any atom is 0.258 e. The van der Waals surface area contributed by atoms with Crippen molar-refractivity contribution in [3.63, 3.8) is 0 Å². The molecule has 1 aromatic carbocycles. The summed E-state index contributed by atoms with van der Waals surface area (Å²) in [6, 6.07) is 7.95. The molecule has 1 saturated heterocycles. The fourth-order valence-electron chi connectivity index (χ4n) is 3.94. The summed E-state index contributed by atoms with van der Waals surface area (Å²) in [5.74, 6) is 2.47. The monoisotopic (exact) mass is 410 g/mol. The van der Waals surface area contributed by atoms with Crippen LogP contribution < -0.4 is 10.5 Å². The van der Waals surface area contributed by atoms with Crippen molar-refractivity contribution < 1.29 is 0 Å². The lowest BCUT2D eigenvalue weighted by molar-refractivity contribution is 0.429. The molecule has 29 heavy (non-hydrogen) atoms. The highest BCUT2D eigenvalue weighted by Gasteiger charge is 2.33. The van der Waals surface area contributed by atoms with Crippen molar-refractivity contribution in [3.05, 3.63) is 40.4 Å². The number of fused-ring (bicyclic) bond motifs is 1. The van der Waals surface area contributed by atoms with Gasteiger partial charge in [-0.05, 0) is 50.7 Å². The Morgan fingerprint density at radius 3 is 2.66 bits per heavy atom. The van der Waals surface area contributed by atoms with Crippen LogP contribution in [0.2, 0.25) is 0 Å². The van der Waals surface area contributed by atoms with Crippen LogP contribution in [0.25, 0.3) is 10.9 Å². The predicted octanol–water partition coefficient (Wildman–Crippen LogP) is 3.94. The van der Waals surface area contributed by atoms with E-state index in [0.29, 0.717) is 17.3 Å². The summed E-state index contributed by atoms with van der Waals surface area (Å²) in [7, 11) is 0. The molecule has 8 heteroatoms. The van der Waals surface area contributed by atoms with E-state index in [1.54, 1.807) is 17.8 Å². The lowest BCUT2D eigenvalue weighted by Crippen LogP contribution is -2.34. The highest BCUT2D eigenvalue weighted by atomic mass is 32.2. The third-order valence-electron chi connectivity index (χ3n) is 5.92. The number of rotatable bonds is 5. The highest BCUT2D eigenvalue weighted by molar-refractivity contribution is 7.99. The van der Waals surface area contributed by atoms with E-state index in [4.69, 9.17) is 0 Å². The largest absolute Gasteiger partial charge is 0.341 e. The fourth-order valence-corrected chi connectivity index (χ4v) is 4.91. The SMILES string of the molecule is CC1CCN(c2nnc(SC(C)c3nc4ccccc4c(=O)[nH]3)n2C2CC2)CC1. The Kier molecular flexibility index (Phi) is 4.81. The van der Waals surface area contributed by atoms with E-state index in [1.807, 2.05) is 18.2 Å². The molecule has 3 aromatic rings. The molecule has 2 fully saturated rings. The van der Waals surface area contributed by atoms with E-state index in [2.05, 4.69) is 43.5 Å². The molecule has 0 spiro atoms. The minimum absolute atomic E-state index is 0.0248. The number of nitrogens with one attached hydrogen (secondary N) is 1. The Balaban J connectivity index is 1.42. The van der Waals surface area contributed by atoms with E-state index >= 15 is 0 Å². The van der Waals surface area contributed by atoms with Crippen LogP contribution in [0, 0.1) is 5.92 Å². The predicted molar refractivity (Wildman–Crippen MR) is 116 cm³/mol. The molecule has 152 valence electrons. The van der Waals surface area contributed by atoms with E-state index in [0.717, 1.165) is 35.6 Å². The third kappa shape index (κ3) is 3.66. The zero-order valence-corrected chi connectivity index (χ0v) is 17.7. The van der Waals surface area contributed by atoms with Gasteiger partial charge in [0.05, 0.1) is 16.2 Å². The van der Waals surface area contributed by atoms with Gasteiger partial charge in [0.15, 0.2) is 5.16 Å². The maximum absolute atomic E-state index is 12.4. The Hall–Kier alpha value is -2.35. The van der Waals surface area contributed by atoms with Gasteiger partial charge in [-0.25, -0.2) is 4.98 Å². The van der Waals surface area contributed by atoms with Gasteiger partial charge in [-0.15, -0.1) is 10.2 Å². The number of thioether (sulfide) groups is 1. The summed E-state index contributed by atoms with van der Waals surface area (Å²) in [6.45, 7) is 6.48. The number of anilines is 1. The maximum atomic E-state index is 12.4. The van der Waals surface area contributed by atoms with Crippen LogP contribution in [0.15, 0.2) is 34.2 Å². The molecular formula is C21H26N6OS. The summed E-state index contributed by atoms with van der Waals surface area (Å²) in [4.78, 5) is 22.5. The molecule has 1 aliphatic heterocycles. The molecular weight excluding hydrogens is 384 g/mol. The molecule has 3 heterocycles. The number of H-pyrrole nitrogens is 1. The van der Waals surface area contributed by atoms with Gasteiger partial charge in [0, 0.05) is 19.1 Å². The molecule has 0 radical (unpaired) electrons.